The van der Waals surface area contributed by atoms with Crippen molar-refractivity contribution < 1.29 is 0 Å². The Morgan fingerprint density at radius 1 is 0.952 bits per heavy atom. The largest absolute Gasteiger partial charge is 0.381 e. The lowest BCUT2D eigenvalue weighted by atomic mass is 9.99. The zero-order valence-corrected chi connectivity index (χ0v) is 13.8. The molecule has 0 bridgehead atoms. The Kier molecular flexibility index (Phi) is 5.03. The van der Waals surface area contributed by atoms with Crippen molar-refractivity contribution in [3.05, 3.63) is 64.2 Å². The second kappa shape index (κ2) is 6.77. The van der Waals surface area contributed by atoms with Gasteiger partial charge in [0.1, 0.15) is 0 Å². The highest BCUT2D eigenvalue weighted by Crippen LogP contribution is 2.21. The third-order valence-corrected chi connectivity index (χ3v) is 3.80. The molecule has 2 aromatic carbocycles. The molecule has 0 unspecified atom stereocenters. The summed E-state index contributed by atoms with van der Waals surface area (Å²) >= 11 is 0. The number of benzene rings is 2. The van der Waals surface area contributed by atoms with E-state index in [2.05, 4.69) is 81.5 Å². The molecular weight excluding hydrogens is 256 g/mol. The zero-order chi connectivity index (χ0) is 15.4. The van der Waals surface area contributed by atoms with Crippen LogP contribution in [0.2, 0.25) is 0 Å². The molecule has 0 fully saturated rings. The van der Waals surface area contributed by atoms with Gasteiger partial charge in [-0.25, -0.2) is 0 Å². The molecule has 0 aliphatic rings. The normalized spacial score (nSPS) is 11.0. The Morgan fingerprint density at radius 3 is 2.19 bits per heavy atom. The van der Waals surface area contributed by atoms with Gasteiger partial charge < -0.3 is 10.2 Å². The number of para-hydroxylation sites is 1. The van der Waals surface area contributed by atoms with Crippen LogP contribution in [0.25, 0.3) is 0 Å². The van der Waals surface area contributed by atoms with Crippen LogP contribution in [0.4, 0.5) is 5.69 Å². The smallest absolute Gasteiger partial charge is 0.0406 e. The fourth-order valence-corrected chi connectivity index (χ4v) is 2.84. The van der Waals surface area contributed by atoms with Crippen LogP contribution in [0.1, 0.15) is 27.8 Å². The lowest BCUT2D eigenvalue weighted by molar-refractivity contribution is 0.403. The highest BCUT2D eigenvalue weighted by molar-refractivity contribution is 5.52. The highest BCUT2D eigenvalue weighted by Gasteiger charge is 2.06. The van der Waals surface area contributed by atoms with E-state index in [1.807, 2.05) is 0 Å². The summed E-state index contributed by atoms with van der Waals surface area (Å²) in [6.45, 7) is 8.38. The zero-order valence-electron chi connectivity index (χ0n) is 13.8. The first kappa shape index (κ1) is 15.6. The maximum absolute atomic E-state index is 3.61. The summed E-state index contributed by atoms with van der Waals surface area (Å²) in [5, 5.41) is 3.61. The first-order valence-corrected chi connectivity index (χ1v) is 7.50. The summed E-state index contributed by atoms with van der Waals surface area (Å²) in [5.74, 6) is 0. The van der Waals surface area contributed by atoms with E-state index < -0.39 is 0 Å². The van der Waals surface area contributed by atoms with Crippen LogP contribution in [0, 0.1) is 20.8 Å². The molecule has 1 N–H and O–H groups in total. The van der Waals surface area contributed by atoms with E-state index in [4.69, 9.17) is 0 Å². The van der Waals surface area contributed by atoms with Crippen molar-refractivity contribution >= 4 is 5.69 Å². The second-order valence-electron chi connectivity index (χ2n) is 6.13. The van der Waals surface area contributed by atoms with Crippen molar-refractivity contribution in [2.75, 3.05) is 19.4 Å². The number of nitrogens with one attached hydrogen (secondary N) is 1. The molecule has 2 aromatic rings. The molecule has 2 rings (SSSR count). The van der Waals surface area contributed by atoms with Gasteiger partial charge in [-0.2, -0.15) is 0 Å². The van der Waals surface area contributed by atoms with E-state index in [-0.39, 0.29) is 0 Å². The fraction of sp³-hybridized carbons (Fsp3) is 0.368. The molecule has 0 heterocycles. The second-order valence-corrected chi connectivity index (χ2v) is 6.13. The Hall–Kier alpha value is -1.80. The first-order chi connectivity index (χ1) is 9.97. The molecule has 0 radical (unpaired) electrons. The number of nitrogens with zero attached hydrogens (tertiary/aromatic N) is 1. The molecule has 0 atom stereocenters. The van der Waals surface area contributed by atoms with Crippen molar-refractivity contribution in [1.82, 2.24) is 4.90 Å². The Morgan fingerprint density at radius 2 is 1.57 bits per heavy atom. The fourth-order valence-electron chi connectivity index (χ4n) is 2.84. The predicted molar refractivity (Wildman–Crippen MR) is 91.8 cm³/mol. The molecule has 0 aromatic heterocycles. The van der Waals surface area contributed by atoms with Gasteiger partial charge in [0.2, 0.25) is 0 Å². The number of anilines is 1. The molecule has 112 valence electrons. The van der Waals surface area contributed by atoms with E-state index in [1.165, 1.54) is 33.5 Å². The van der Waals surface area contributed by atoms with Crippen LogP contribution >= 0.6 is 0 Å². The maximum atomic E-state index is 3.61. The molecule has 0 amide bonds. The predicted octanol–water partition coefficient (Wildman–Crippen LogP) is 4.29. The van der Waals surface area contributed by atoms with Gasteiger partial charge in [0.25, 0.3) is 0 Å². The van der Waals surface area contributed by atoms with Gasteiger partial charge in [0.15, 0.2) is 0 Å². The average molecular weight is 282 g/mol. The Bertz CT molecular complexity index is 592. The molecule has 0 spiro atoms. The summed E-state index contributed by atoms with van der Waals surface area (Å²) in [5.41, 5.74) is 8.03. The maximum Gasteiger partial charge on any atom is 0.0406 e. The van der Waals surface area contributed by atoms with Gasteiger partial charge in [-0.05, 0) is 63.2 Å². The van der Waals surface area contributed by atoms with Crippen LogP contribution in [-0.4, -0.2) is 19.0 Å². The molecule has 0 aliphatic heterocycles. The van der Waals surface area contributed by atoms with Crippen molar-refractivity contribution in [3.63, 3.8) is 0 Å². The topological polar surface area (TPSA) is 15.3 Å². The Labute approximate surface area is 128 Å². The van der Waals surface area contributed by atoms with Crippen LogP contribution in [0.3, 0.4) is 0 Å². The third kappa shape index (κ3) is 4.08. The van der Waals surface area contributed by atoms with Crippen molar-refractivity contribution in [2.45, 2.75) is 33.9 Å². The van der Waals surface area contributed by atoms with Gasteiger partial charge in [-0.1, -0.05) is 35.9 Å². The lowest BCUT2D eigenvalue weighted by Gasteiger charge is -2.17. The van der Waals surface area contributed by atoms with Crippen LogP contribution < -0.4 is 5.32 Å². The quantitative estimate of drug-likeness (QED) is 0.880. The average Bonchev–Trinajstić information content (AvgIpc) is 2.38. The van der Waals surface area contributed by atoms with Gasteiger partial charge in [-0.3, -0.25) is 0 Å². The first-order valence-electron chi connectivity index (χ1n) is 7.50. The molecular formula is C19H26N2. The van der Waals surface area contributed by atoms with E-state index >= 15 is 0 Å². The van der Waals surface area contributed by atoms with Crippen molar-refractivity contribution in [1.29, 1.82) is 0 Å². The summed E-state index contributed by atoms with van der Waals surface area (Å²) in [4.78, 5) is 2.20. The number of hydrogen-bond donors (Lipinski definition) is 1. The van der Waals surface area contributed by atoms with E-state index in [0.29, 0.717) is 0 Å². The minimum absolute atomic E-state index is 0.877. The van der Waals surface area contributed by atoms with Crippen LogP contribution in [0.15, 0.2) is 36.4 Å². The van der Waals surface area contributed by atoms with Crippen LogP contribution in [0.5, 0.6) is 0 Å². The standard InChI is InChI=1S/C19H26N2/c1-14-10-15(2)18(16(3)11-14)12-20-19-9-7-6-8-17(19)13-21(4)5/h6-11,20H,12-13H2,1-5H3. The molecule has 0 saturated carbocycles. The summed E-state index contributed by atoms with van der Waals surface area (Å²) in [6.07, 6.45) is 0. The minimum Gasteiger partial charge on any atom is -0.381 e. The Balaban J connectivity index is 2.17. The lowest BCUT2D eigenvalue weighted by Crippen LogP contribution is -2.13. The van der Waals surface area contributed by atoms with Gasteiger partial charge in [-0.15, -0.1) is 0 Å². The van der Waals surface area contributed by atoms with Gasteiger partial charge in [0.05, 0.1) is 0 Å². The van der Waals surface area contributed by atoms with E-state index in [9.17, 15) is 0 Å². The third-order valence-electron chi connectivity index (χ3n) is 3.80. The summed E-state index contributed by atoms with van der Waals surface area (Å²) in [6, 6.07) is 13.1. The van der Waals surface area contributed by atoms with Gasteiger partial charge in [0, 0.05) is 18.8 Å². The molecule has 0 aliphatic carbocycles. The summed E-state index contributed by atoms with van der Waals surface area (Å²) < 4.78 is 0. The van der Waals surface area contributed by atoms with Gasteiger partial charge >= 0.3 is 0 Å². The highest BCUT2D eigenvalue weighted by atomic mass is 15.1. The minimum atomic E-state index is 0.877. The number of hydrogen-bond acceptors (Lipinski definition) is 2. The van der Waals surface area contributed by atoms with E-state index in [0.717, 1.165) is 13.1 Å². The van der Waals surface area contributed by atoms with E-state index in [1.54, 1.807) is 0 Å². The molecule has 2 nitrogen and oxygen atoms in total. The summed E-state index contributed by atoms with van der Waals surface area (Å²) in [7, 11) is 4.20. The molecule has 21 heavy (non-hydrogen) atoms. The SMILES string of the molecule is Cc1cc(C)c(CNc2ccccc2CN(C)C)c(C)c1. The molecule has 2 heteroatoms. The number of aryl methyl sites for hydroxylation is 3. The number of rotatable bonds is 5. The molecule has 0 saturated heterocycles. The monoisotopic (exact) mass is 282 g/mol. The van der Waals surface area contributed by atoms with Crippen molar-refractivity contribution in [3.8, 4) is 0 Å². The van der Waals surface area contributed by atoms with Crippen molar-refractivity contribution in [2.24, 2.45) is 0 Å². The van der Waals surface area contributed by atoms with Crippen LogP contribution in [-0.2, 0) is 13.1 Å².